The molecule has 28 heavy (non-hydrogen) atoms. The van der Waals surface area contributed by atoms with Crippen molar-refractivity contribution in [1.29, 1.82) is 0 Å². The van der Waals surface area contributed by atoms with Crippen molar-refractivity contribution in [2.75, 3.05) is 18.0 Å². The van der Waals surface area contributed by atoms with Gasteiger partial charge in [0.05, 0.1) is 18.8 Å². The van der Waals surface area contributed by atoms with Crippen molar-refractivity contribution < 1.29 is 17.9 Å². The summed E-state index contributed by atoms with van der Waals surface area (Å²) in [6.07, 6.45) is 0. The summed E-state index contributed by atoms with van der Waals surface area (Å²) in [5.41, 5.74) is 0.486. The summed E-state index contributed by atoms with van der Waals surface area (Å²) in [6, 6.07) is 12.1. The van der Waals surface area contributed by atoms with Crippen LogP contribution in [0.15, 0.2) is 58.1 Å². The van der Waals surface area contributed by atoms with Crippen LogP contribution in [0.3, 0.4) is 0 Å². The van der Waals surface area contributed by atoms with Crippen LogP contribution >= 0.6 is 22.7 Å². The number of benzene rings is 1. The number of thiophene rings is 2. The van der Waals surface area contributed by atoms with E-state index in [0.717, 1.165) is 16.2 Å². The summed E-state index contributed by atoms with van der Waals surface area (Å²) in [5.74, 6) is 0.267. The highest BCUT2D eigenvalue weighted by atomic mass is 32.2. The van der Waals surface area contributed by atoms with E-state index in [2.05, 4.69) is 5.32 Å². The molecule has 1 N–H and O–H groups in total. The van der Waals surface area contributed by atoms with Gasteiger partial charge in [-0.25, -0.2) is 8.42 Å². The molecule has 1 amide bonds. The highest BCUT2D eigenvalue weighted by Gasteiger charge is 2.28. The molecule has 0 aliphatic rings. The molecule has 0 spiro atoms. The van der Waals surface area contributed by atoms with E-state index >= 15 is 0 Å². The number of nitrogens with zero attached hydrogens (tertiary/aromatic N) is 1. The van der Waals surface area contributed by atoms with Crippen molar-refractivity contribution in [3.8, 4) is 5.75 Å². The molecule has 1 aromatic carbocycles. The molecule has 0 atom stereocenters. The maximum absolute atomic E-state index is 13.1. The highest BCUT2D eigenvalue weighted by Crippen LogP contribution is 2.29. The molecular formula is C19H20N2O4S3. The fraction of sp³-hybridized carbons (Fsp3) is 0.211. The van der Waals surface area contributed by atoms with Crippen molar-refractivity contribution in [3.05, 3.63) is 63.0 Å². The summed E-state index contributed by atoms with van der Waals surface area (Å²) < 4.78 is 32.7. The van der Waals surface area contributed by atoms with Gasteiger partial charge in [-0.1, -0.05) is 6.07 Å². The number of sulfonamides is 1. The second-order valence-corrected chi connectivity index (χ2v) is 9.66. The van der Waals surface area contributed by atoms with Crippen LogP contribution in [0.1, 0.15) is 21.5 Å². The van der Waals surface area contributed by atoms with E-state index in [1.54, 1.807) is 29.6 Å². The molecule has 2 heterocycles. The van der Waals surface area contributed by atoms with Gasteiger partial charge >= 0.3 is 0 Å². The summed E-state index contributed by atoms with van der Waals surface area (Å²) in [4.78, 5) is 13.7. The van der Waals surface area contributed by atoms with Crippen LogP contribution in [-0.4, -0.2) is 28.0 Å². The van der Waals surface area contributed by atoms with E-state index in [4.69, 9.17) is 4.74 Å². The van der Waals surface area contributed by atoms with Gasteiger partial charge < -0.3 is 10.1 Å². The zero-order valence-electron chi connectivity index (χ0n) is 15.4. The van der Waals surface area contributed by atoms with Crippen molar-refractivity contribution >= 4 is 44.3 Å². The first kappa shape index (κ1) is 20.4. The molecule has 3 aromatic rings. The molecule has 0 unspecified atom stereocenters. The average molecular weight is 437 g/mol. The Labute approximate surface area is 172 Å². The summed E-state index contributed by atoms with van der Waals surface area (Å²) >= 11 is 2.64. The van der Waals surface area contributed by atoms with Gasteiger partial charge in [0.1, 0.15) is 15.5 Å². The summed E-state index contributed by atoms with van der Waals surface area (Å²) in [5, 5.41) is 6.32. The lowest BCUT2D eigenvalue weighted by atomic mass is 10.3. The highest BCUT2D eigenvalue weighted by molar-refractivity contribution is 7.93. The zero-order chi connectivity index (χ0) is 20.1. The Morgan fingerprint density at radius 1 is 1.11 bits per heavy atom. The van der Waals surface area contributed by atoms with Crippen LogP contribution in [0, 0.1) is 0 Å². The van der Waals surface area contributed by atoms with E-state index in [1.807, 2.05) is 24.4 Å². The van der Waals surface area contributed by atoms with E-state index in [0.29, 0.717) is 24.6 Å². The minimum atomic E-state index is -3.88. The first-order valence-electron chi connectivity index (χ1n) is 8.53. The van der Waals surface area contributed by atoms with Crippen LogP contribution in [-0.2, 0) is 16.6 Å². The average Bonchev–Trinajstić information content (AvgIpc) is 3.38. The molecular weight excluding hydrogens is 416 g/mol. The number of rotatable bonds is 8. The monoisotopic (exact) mass is 436 g/mol. The number of carbonyl (C=O) groups excluding carboxylic acids is 1. The second kappa shape index (κ2) is 8.76. The molecule has 0 saturated carbocycles. The number of hydrogen-bond acceptors (Lipinski definition) is 6. The Morgan fingerprint density at radius 3 is 2.50 bits per heavy atom. The van der Waals surface area contributed by atoms with Gasteiger partial charge in [0.2, 0.25) is 0 Å². The fourth-order valence-electron chi connectivity index (χ4n) is 2.53. The Balaban J connectivity index is 1.80. The SMILES string of the molecule is CCOc1ccc(N(C)S(=O)(=O)c2ccsc2C(=O)NCc2cccs2)cc1. The lowest BCUT2D eigenvalue weighted by Gasteiger charge is -2.20. The predicted molar refractivity (Wildman–Crippen MR) is 113 cm³/mol. The topological polar surface area (TPSA) is 75.7 Å². The number of carbonyl (C=O) groups is 1. The third kappa shape index (κ3) is 4.37. The molecule has 6 nitrogen and oxygen atoms in total. The van der Waals surface area contributed by atoms with E-state index in [9.17, 15) is 13.2 Å². The Hall–Kier alpha value is -2.36. The van der Waals surface area contributed by atoms with Crippen LogP contribution in [0.25, 0.3) is 0 Å². The van der Waals surface area contributed by atoms with Crippen molar-refractivity contribution in [1.82, 2.24) is 5.32 Å². The standard InChI is InChI=1S/C19H20N2O4S3/c1-3-25-15-8-6-14(7-9-15)21(2)28(23,24)17-10-12-27-18(17)19(22)20-13-16-5-4-11-26-16/h4-12H,3,13H2,1-2H3,(H,20,22). The Kier molecular flexibility index (Phi) is 6.38. The fourth-order valence-corrected chi connectivity index (χ4v) is 5.69. The van der Waals surface area contributed by atoms with Crippen LogP contribution in [0.2, 0.25) is 0 Å². The molecule has 0 bridgehead atoms. The van der Waals surface area contributed by atoms with E-state index in [1.165, 1.54) is 28.8 Å². The second-order valence-electron chi connectivity index (χ2n) is 5.78. The Morgan fingerprint density at radius 2 is 1.86 bits per heavy atom. The molecule has 0 aliphatic heterocycles. The van der Waals surface area contributed by atoms with E-state index in [-0.39, 0.29) is 9.77 Å². The van der Waals surface area contributed by atoms with Gasteiger partial charge in [0.15, 0.2) is 0 Å². The lowest BCUT2D eigenvalue weighted by Crippen LogP contribution is -2.29. The van der Waals surface area contributed by atoms with Crippen molar-refractivity contribution in [2.45, 2.75) is 18.4 Å². The van der Waals surface area contributed by atoms with Crippen LogP contribution < -0.4 is 14.4 Å². The third-order valence-electron chi connectivity index (χ3n) is 3.99. The smallest absolute Gasteiger partial charge is 0.265 e. The maximum Gasteiger partial charge on any atom is 0.265 e. The first-order valence-corrected chi connectivity index (χ1v) is 11.7. The molecule has 0 radical (unpaired) electrons. The largest absolute Gasteiger partial charge is 0.494 e. The van der Waals surface area contributed by atoms with Crippen molar-refractivity contribution in [3.63, 3.8) is 0 Å². The Bertz CT molecular complexity index is 1030. The number of nitrogens with one attached hydrogen (secondary N) is 1. The van der Waals surface area contributed by atoms with Gasteiger partial charge in [0.25, 0.3) is 15.9 Å². The minimum absolute atomic E-state index is 0.00226. The summed E-state index contributed by atoms with van der Waals surface area (Å²) in [6.45, 7) is 2.78. The van der Waals surface area contributed by atoms with Gasteiger partial charge in [-0.05, 0) is 54.1 Å². The molecule has 0 aliphatic carbocycles. The quantitative estimate of drug-likeness (QED) is 0.580. The zero-order valence-corrected chi connectivity index (χ0v) is 17.9. The van der Waals surface area contributed by atoms with Gasteiger partial charge in [-0.15, -0.1) is 22.7 Å². The predicted octanol–water partition coefficient (Wildman–Crippen LogP) is 3.96. The normalized spacial score (nSPS) is 11.2. The molecule has 9 heteroatoms. The number of anilines is 1. The van der Waals surface area contributed by atoms with E-state index < -0.39 is 15.9 Å². The van der Waals surface area contributed by atoms with Crippen LogP contribution in [0.5, 0.6) is 5.75 Å². The molecule has 0 saturated heterocycles. The first-order chi connectivity index (χ1) is 13.4. The number of hydrogen-bond donors (Lipinski definition) is 1. The molecule has 0 fully saturated rings. The third-order valence-corrected chi connectivity index (χ3v) is 7.74. The molecule has 2 aromatic heterocycles. The van der Waals surface area contributed by atoms with Gasteiger partial charge in [0, 0.05) is 11.9 Å². The van der Waals surface area contributed by atoms with Crippen LogP contribution in [0.4, 0.5) is 5.69 Å². The molecule has 3 rings (SSSR count). The maximum atomic E-state index is 13.1. The lowest BCUT2D eigenvalue weighted by molar-refractivity contribution is 0.0952. The summed E-state index contributed by atoms with van der Waals surface area (Å²) in [7, 11) is -2.41. The van der Waals surface area contributed by atoms with Crippen molar-refractivity contribution in [2.24, 2.45) is 0 Å². The number of amides is 1. The van der Waals surface area contributed by atoms with Gasteiger partial charge in [-0.3, -0.25) is 9.10 Å². The molecule has 148 valence electrons. The number of ether oxygens (including phenoxy) is 1. The van der Waals surface area contributed by atoms with Gasteiger partial charge in [-0.2, -0.15) is 0 Å². The minimum Gasteiger partial charge on any atom is -0.494 e.